The highest BCUT2D eigenvalue weighted by Gasteiger charge is 2.20. The van der Waals surface area contributed by atoms with Crippen LogP contribution in [0.5, 0.6) is 0 Å². The molecular formula is C14H15F2N3. The van der Waals surface area contributed by atoms with Gasteiger partial charge in [-0.25, -0.2) is 8.78 Å². The lowest BCUT2D eigenvalue weighted by molar-refractivity contribution is 0.468. The predicted octanol–water partition coefficient (Wildman–Crippen LogP) is 3.53. The lowest BCUT2D eigenvalue weighted by atomic mass is 10.1. The van der Waals surface area contributed by atoms with E-state index in [9.17, 15) is 8.78 Å². The lowest BCUT2D eigenvalue weighted by Gasteiger charge is -2.08. The van der Waals surface area contributed by atoms with E-state index < -0.39 is 11.6 Å². The van der Waals surface area contributed by atoms with Gasteiger partial charge in [0.1, 0.15) is 5.69 Å². The Morgan fingerprint density at radius 3 is 2.58 bits per heavy atom. The topological polar surface area (TPSA) is 43.8 Å². The molecule has 0 aliphatic heterocycles. The van der Waals surface area contributed by atoms with Crippen LogP contribution in [0, 0.1) is 11.6 Å². The minimum absolute atomic E-state index is 0.376. The van der Waals surface area contributed by atoms with Crippen LogP contribution in [0.3, 0.4) is 0 Å². The Morgan fingerprint density at radius 1 is 1.16 bits per heavy atom. The van der Waals surface area contributed by atoms with Crippen LogP contribution in [-0.2, 0) is 0 Å². The lowest BCUT2D eigenvalue weighted by Crippen LogP contribution is -2.05. The summed E-state index contributed by atoms with van der Waals surface area (Å²) in [4.78, 5) is 0. The molecule has 1 aliphatic rings. The average molecular weight is 263 g/mol. The number of nitrogens with two attached hydrogens (primary N) is 1. The zero-order chi connectivity index (χ0) is 13.4. The molecule has 5 heteroatoms. The first-order valence-corrected chi connectivity index (χ1v) is 6.45. The molecule has 0 radical (unpaired) electrons. The number of rotatable bonds is 2. The maximum Gasteiger partial charge on any atom is 0.159 e. The molecule has 0 amide bonds. The molecular weight excluding hydrogens is 248 g/mol. The van der Waals surface area contributed by atoms with Crippen LogP contribution in [0.2, 0.25) is 0 Å². The Morgan fingerprint density at radius 2 is 1.89 bits per heavy atom. The molecule has 19 heavy (non-hydrogen) atoms. The maximum atomic E-state index is 13.3. The molecule has 0 unspecified atom stereocenters. The van der Waals surface area contributed by atoms with Crippen LogP contribution in [0.1, 0.15) is 31.7 Å². The number of nitrogens with zero attached hydrogens (tertiary/aromatic N) is 2. The number of hydrogen-bond acceptors (Lipinski definition) is 2. The molecule has 1 saturated carbocycles. The van der Waals surface area contributed by atoms with Gasteiger partial charge in [-0.15, -0.1) is 0 Å². The number of nitrogen functional groups attached to an aromatic ring is 1. The van der Waals surface area contributed by atoms with E-state index in [1.807, 2.05) is 4.68 Å². The van der Waals surface area contributed by atoms with Crippen LogP contribution in [0.25, 0.3) is 11.3 Å². The molecule has 0 spiro atoms. The van der Waals surface area contributed by atoms with Crippen molar-refractivity contribution in [3.63, 3.8) is 0 Å². The molecule has 1 fully saturated rings. The van der Waals surface area contributed by atoms with Crippen LogP contribution in [-0.4, -0.2) is 9.78 Å². The zero-order valence-corrected chi connectivity index (χ0v) is 10.4. The van der Waals surface area contributed by atoms with E-state index in [-0.39, 0.29) is 0 Å². The molecule has 0 bridgehead atoms. The minimum atomic E-state index is -0.882. The Kier molecular flexibility index (Phi) is 2.97. The van der Waals surface area contributed by atoms with E-state index in [0.717, 1.165) is 25.0 Å². The largest absolute Gasteiger partial charge is 0.396 e. The van der Waals surface area contributed by atoms with Crippen molar-refractivity contribution in [3.05, 3.63) is 36.0 Å². The van der Waals surface area contributed by atoms with E-state index in [1.54, 1.807) is 6.20 Å². The maximum absolute atomic E-state index is 13.3. The molecule has 0 atom stereocenters. The van der Waals surface area contributed by atoms with Gasteiger partial charge in [0, 0.05) is 11.8 Å². The van der Waals surface area contributed by atoms with Crippen LogP contribution < -0.4 is 5.73 Å². The Hall–Kier alpha value is -1.91. The first kappa shape index (κ1) is 12.1. The van der Waals surface area contributed by atoms with E-state index in [1.165, 1.54) is 18.9 Å². The number of benzene rings is 1. The normalized spacial score (nSPS) is 16.1. The highest BCUT2D eigenvalue weighted by atomic mass is 19.2. The smallest absolute Gasteiger partial charge is 0.159 e. The molecule has 3 rings (SSSR count). The van der Waals surface area contributed by atoms with E-state index in [2.05, 4.69) is 5.10 Å². The summed E-state index contributed by atoms with van der Waals surface area (Å²) in [5.41, 5.74) is 7.45. The van der Waals surface area contributed by atoms with E-state index >= 15 is 0 Å². The summed E-state index contributed by atoms with van der Waals surface area (Å²) in [5.74, 6) is -1.75. The summed E-state index contributed by atoms with van der Waals surface area (Å²) in [5, 5.41) is 4.44. The van der Waals surface area contributed by atoms with Gasteiger partial charge in [-0.3, -0.25) is 4.68 Å². The summed E-state index contributed by atoms with van der Waals surface area (Å²) >= 11 is 0. The first-order chi connectivity index (χ1) is 9.15. The Labute approximate surface area is 110 Å². The fourth-order valence-electron chi connectivity index (χ4n) is 2.63. The van der Waals surface area contributed by atoms with Crippen molar-refractivity contribution in [2.75, 3.05) is 5.73 Å². The molecule has 1 aromatic heterocycles. The van der Waals surface area contributed by atoms with Crippen molar-refractivity contribution in [2.45, 2.75) is 31.7 Å². The van der Waals surface area contributed by atoms with Crippen molar-refractivity contribution >= 4 is 5.69 Å². The standard InChI is InChI=1S/C14H15F2N3/c15-11-6-5-9(7-12(11)16)14-13(17)8-19(18-14)10-3-1-2-4-10/h5-8,10H,1-4,17H2. The van der Waals surface area contributed by atoms with Gasteiger partial charge in [0.15, 0.2) is 11.6 Å². The fourth-order valence-corrected chi connectivity index (χ4v) is 2.63. The molecule has 0 saturated heterocycles. The van der Waals surface area contributed by atoms with Gasteiger partial charge in [0.05, 0.1) is 11.7 Å². The second-order valence-electron chi connectivity index (χ2n) is 4.98. The fraction of sp³-hybridized carbons (Fsp3) is 0.357. The molecule has 1 aromatic carbocycles. The third-order valence-corrected chi connectivity index (χ3v) is 3.65. The minimum Gasteiger partial charge on any atom is -0.396 e. The van der Waals surface area contributed by atoms with Crippen molar-refractivity contribution in [1.29, 1.82) is 0 Å². The molecule has 100 valence electrons. The van der Waals surface area contributed by atoms with Crippen molar-refractivity contribution in [1.82, 2.24) is 9.78 Å². The number of anilines is 1. The quantitative estimate of drug-likeness (QED) is 0.900. The second kappa shape index (κ2) is 4.64. The summed E-state index contributed by atoms with van der Waals surface area (Å²) < 4.78 is 28.0. The number of halogens is 2. The Balaban J connectivity index is 1.97. The molecule has 1 aliphatic carbocycles. The van der Waals surface area contributed by atoms with Crippen LogP contribution in [0.4, 0.5) is 14.5 Å². The number of hydrogen-bond donors (Lipinski definition) is 1. The molecule has 1 heterocycles. The zero-order valence-electron chi connectivity index (χ0n) is 10.4. The van der Waals surface area contributed by atoms with Crippen LogP contribution >= 0.6 is 0 Å². The van der Waals surface area contributed by atoms with Crippen LogP contribution in [0.15, 0.2) is 24.4 Å². The summed E-state index contributed by atoms with van der Waals surface area (Å²) in [6.07, 6.45) is 6.37. The summed E-state index contributed by atoms with van der Waals surface area (Å²) in [6.45, 7) is 0. The highest BCUT2D eigenvalue weighted by Crippen LogP contribution is 2.32. The summed E-state index contributed by atoms with van der Waals surface area (Å²) in [6, 6.07) is 4.10. The van der Waals surface area contributed by atoms with Crippen molar-refractivity contribution < 1.29 is 8.78 Å². The molecule has 2 N–H and O–H groups in total. The average Bonchev–Trinajstić information content (AvgIpc) is 3.01. The second-order valence-corrected chi connectivity index (χ2v) is 4.98. The van der Waals surface area contributed by atoms with Gasteiger partial charge < -0.3 is 5.73 Å². The van der Waals surface area contributed by atoms with E-state index in [4.69, 9.17) is 5.73 Å². The first-order valence-electron chi connectivity index (χ1n) is 6.45. The van der Waals surface area contributed by atoms with Gasteiger partial charge in [-0.1, -0.05) is 12.8 Å². The molecule has 2 aromatic rings. The number of aromatic nitrogens is 2. The van der Waals surface area contributed by atoms with E-state index in [0.29, 0.717) is 23.0 Å². The van der Waals surface area contributed by atoms with Crippen molar-refractivity contribution in [3.8, 4) is 11.3 Å². The predicted molar refractivity (Wildman–Crippen MR) is 69.5 cm³/mol. The van der Waals surface area contributed by atoms with Gasteiger partial charge in [0.2, 0.25) is 0 Å². The third kappa shape index (κ3) is 2.20. The molecule has 3 nitrogen and oxygen atoms in total. The SMILES string of the molecule is Nc1cn(C2CCCC2)nc1-c1ccc(F)c(F)c1. The van der Waals surface area contributed by atoms with Gasteiger partial charge in [0.25, 0.3) is 0 Å². The van der Waals surface area contributed by atoms with Crippen molar-refractivity contribution in [2.24, 2.45) is 0 Å². The monoisotopic (exact) mass is 263 g/mol. The van der Waals surface area contributed by atoms with Gasteiger partial charge in [-0.05, 0) is 31.0 Å². The van der Waals surface area contributed by atoms with Gasteiger partial charge in [-0.2, -0.15) is 5.10 Å². The highest BCUT2D eigenvalue weighted by molar-refractivity contribution is 5.71. The van der Waals surface area contributed by atoms with Gasteiger partial charge >= 0.3 is 0 Å². The third-order valence-electron chi connectivity index (χ3n) is 3.65. The Bertz CT molecular complexity index is 601. The summed E-state index contributed by atoms with van der Waals surface area (Å²) in [7, 11) is 0.